The van der Waals surface area contributed by atoms with Gasteiger partial charge < -0.3 is 10.1 Å². The van der Waals surface area contributed by atoms with Gasteiger partial charge in [0.15, 0.2) is 6.61 Å². The lowest BCUT2D eigenvalue weighted by Crippen LogP contribution is -2.45. The first kappa shape index (κ1) is 18.9. The summed E-state index contributed by atoms with van der Waals surface area (Å²) in [6.45, 7) is 0.971. The molecule has 2 aliphatic carbocycles. The number of hydrogen-bond donors (Lipinski definition) is 1. The highest BCUT2D eigenvalue weighted by Gasteiger charge is 2.62. The molecule has 8 heteroatoms. The summed E-state index contributed by atoms with van der Waals surface area (Å²) in [5.41, 5.74) is 0.520. The maximum atomic E-state index is 12.7. The number of esters is 1. The van der Waals surface area contributed by atoms with Gasteiger partial charge in [0.25, 0.3) is 5.91 Å². The van der Waals surface area contributed by atoms with Crippen molar-refractivity contribution >= 4 is 41.0 Å². The zero-order valence-corrected chi connectivity index (χ0v) is 16.1. The minimum atomic E-state index is -1.03. The van der Waals surface area contributed by atoms with Gasteiger partial charge >= 0.3 is 5.97 Å². The van der Waals surface area contributed by atoms with Crippen molar-refractivity contribution in [2.45, 2.75) is 32.2 Å². The number of anilines is 1. The molecule has 0 radical (unpaired) electrons. The Morgan fingerprint density at radius 1 is 1.14 bits per heavy atom. The average molecular weight is 405 g/mol. The second-order valence-electron chi connectivity index (χ2n) is 7.77. The highest BCUT2D eigenvalue weighted by Crippen LogP contribution is 2.56. The topological polar surface area (TPSA) is 92.8 Å². The third kappa shape index (κ3) is 3.17. The number of rotatable bonds is 5. The summed E-state index contributed by atoms with van der Waals surface area (Å²) in [4.78, 5) is 50.9. The van der Waals surface area contributed by atoms with E-state index in [1.165, 1.54) is 6.92 Å². The van der Waals surface area contributed by atoms with Gasteiger partial charge in [0.2, 0.25) is 11.8 Å². The minimum absolute atomic E-state index is 0.254. The third-order valence-electron chi connectivity index (χ3n) is 6.16. The van der Waals surface area contributed by atoms with Gasteiger partial charge in [-0.25, -0.2) is 4.79 Å². The lowest BCUT2D eigenvalue weighted by molar-refractivity contribution is -0.159. The number of carbonyl (C=O) groups excluding carboxylic acids is 4. The molecule has 3 amide bonds. The first-order valence-corrected chi connectivity index (χ1v) is 9.83. The van der Waals surface area contributed by atoms with Crippen LogP contribution in [0, 0.1) is 23.7 Å². The molecule has 3 aliphatic rings. The SMILES string of the molecule is C[C@@H](C(=O)OCC(=O)Nc1ccc(Cl)cc1)N1C(=O)[C@H]2[C@@H]3CC[C@H](C3)[C@@H]2C1=O. The molecule has 28 heavy (non-hydrogen) atoms. The lowest BCUT2D eigenvalue weighted by Gasteiger charge is -2.23. The Labute approximate surface area is 167 Å². The number of nitrogens with zero attached hydrogens (tertiary/aromatic N) is 1. The first-order chi connectivity index (χ1) is 13.4. The Morgan fingerprint density at radius 3 is 2.29 bits per heavy atom. The summed E-state index contributed by atoms with van der Waals surface area (Å²) in [6, 6.07) is 5.46. The van der Waals surface area contributed by atoms with Crippen molar-refractivity contribution in [3.05, 3.63) is 29.3 Å². The molecular formula is C20H21ClN2O5. The fourth-order valence-corrected chi connectivity index (χ4v) is 5.03. The Hall–Kier alpha value is -2.41. The fraction of sp³-hybridized carbons (Fsp3) is 0.500. The van der Waals surface area contributed by atoms with Crippen molar-refractivity contribution in [3.63, 3.8) is 0 Å². The summed E-state index contributed by atoms with van der Waals surface area (Å²) < 4.78 is 5.04. The molecule has 3 fully saturated rings. The fourth-order valence-electron chi connectivity index (χ4n) is 4.91. The van der Waals surface area contributed by atoms with Gasteiger partial charge in [-0.1, -0.05) is 11.6 Å². The molecule has 1 saturated heterocycles. The van der Waals surface area contributed by atoms with Crippen molar-refractivity contribution in [1.82, 2.24) is 4.90 Å². The predicted molar refractivity (Wildman–Crippen MR) is 100 cm³/mol. The van der Waals surface area contributed by atoms with E-state index in [2.05, 4.69) is 5.32 Å². The Bertz CT molecular complexity index is 812. The maximum absolute atomic E-state index is 12.7. The van der Waals surface area contributed by atoms with Crippen molar-refractivity contribution in [1.29, 1.82) is 0 Å². The molecule has 7 nitrogen and oxygen atoms in total. The number of benzene rings is 1. The van der Waals surface area contributed by atoms with E-state index >= 15 is 0 Å². The van der Waals surface area contributed by atoms with Crippen molar-refractivity contribution in [3.8, 4) is 0 Å². The molecule has 5 atom stereocenters. The molecule has 0 aromatic heterocycles. The molecule has 0 unspecified atom stereocenters. The molecule has 0 spiro atoms. The summed E-state index contributed by atoms with van der Waals surface area (Å²) >= 11 is 5.79. The number of halogens is 1. The van der Waals surface area contributed by atoms with Crippen LogP contribution in [0.4, 0.5) is 5.69 Å². The highest BCUT2D eigenvalue weighted by molar-refractivity contribution is 6.30. The zero-order chi connectivity index (χ0) is 20.0. The summed E-state index contributed by atoms with van der Waals surface area (Å²) in [6.07, 6.45) is 2.88. The Kier molecular flexibility index (Phi) is 4.87. The number of hydrogen-bond acceptors (Lipinski definition) is 5. The smallest absolute Gasteiger partial charge is 0.329 e. The van der Waals surface area contributed by atoms with Crippen LogP contribution in [0.25, 0.3) is 0 Å². The normalized spacial score (nSPS) is 29.0. The van der Waals surface area contributed by atoms with Crippen LogP contribution in [0.15, 0.2) is 24.3 Å². The molecule has 4 rings (SSSR count). The van der Waals surface area contributed by atoms with E-state index in [-0.39, 0.29) is 35.5 Å². The van der Waals surface area contributed by atoms with Gasteiger partial charge in [-0.3, -0.25) is 19.3 Å². The van der Waals surface area contributed by atoms with Crippen molar-refractivity contribution in [2.24, 2.45) is 23.7 Å². The van der Waals surface area contributed by atoms with Crippen LogP contribution >= 0.6 is 11.6 Å². The van der Waals surface area contributed by atoms with Gasteiger partial charge in [0.05, 0.1) is 11.8 Å². The van der Waals surface area contributed by atoms with E-state index < -0.39 is 24.5 Å². The van der Waals surface area contributed by atoms with Gasteiger partial charge in [0, 0.05) is 10.7 Å². The monoisotopic (exact) mass is 404 g/mol. The quantitative estimate of drug-likeness (QED) is 0.600. The maximum Gasteiger partial charge on any atom is 0.329 e. The molecule has 148 valence electrons. The Morgan fingerprint density at radius 2 is 1.71 bits per heavy atom. The minimum Gasteiger partial charge on any atom is -0.454 e. The van der Waals surface area contributed by atoms with Crippen molar-refractivity contribution < 1.29 is 23.9 Å². The van der Waals surface area contributed by atoms with Gasteiger partial charge in [0.1, 0.15) is 6.04 Å². The van der Waals surface area contributed by atoms with Crippen LogP contribution in [0.3, 0.4) is 0 Å². The summed E-state index contributed by atoms with van der Waals surface area (Å²) in [7, 11) is 0. The number of amides is 3. The molecule has 1 aliphatic heterocycles. The van der Waals surface area contributed by atoms with Crippen LogP contribution in [0.1, 0.15) is 26.2 Å². The van der Waals surface area contributed by atoms with E-state index in [0.717, 1.165) is 24.2 Å². The van der Waals surface area contributed by atoms with Gasteiger partial charge in [-0.2, -0.15) is 0 Å². The van der Waals surface area contributed by atoms with E-state index in [0.29, 0.717) is 10.7 Å². The second kappa shape index (κ2) is 7.20. The number of carbonyl (C=O) groups is 4. The largest absolute Gasteiger partial charge is 0.454 e. The van der Waals surface area contributed by atoms with Crippen LogP contribution in [-0.4, -0.2) is 41.2 Å². The first-order valence-electron chi connectivity index (χ1n) is 9.45. The second-order valence-corrected chi connectivity index (χ2v) is 8.21. The number of ether oxygens (including phenoxy) is 1. The zero-order valence-electron chi connectivity index (χ0n) is 15.4. The molecule has 1 N–H and O–H groups in total. The highest BCUT2D eigenvalue weighted by atomic mass is 35.5. The number of nitrogens with one attached hydrogen (secondary N) is 1. The third-order valence-corrected chi connectivity index (χ3v) is 6.42. The molecule has 2 bridgehead atoms. The predicted octanol–water partition coefficient (Wildman–Crippen LogP) is 2.24. The molecule has 1 aromatic rings. The van der Waals surface area contributed by atoms with E-state index in [4.69, 9.17) is 16.3 Å². The van der Waals surface area contributed by atoms with Crippen LogP contribution in [0.5, 0.6) is 0 Å². The number of imide groups is 1. The van der Waals surface area contributed by atoms with Crippen LogP contribution in [-0.2, 0) is 23.9 Å². The molecule has 1 heterocycles. The number of fused-ring (bicyclic) bond motifs is 5. The van der Waals surface area contributed by atoms with Gasteiger partial charge in [-0.15, -0.1) is 0 Å². The molecule has 2 saturated carbocycles. The standard InChI is InChI=1S/C20H21ClN2O5/c1-10(20(27)28-9-15(24)22-14-6-4-13(21)5-7-14)23-18(25)16-11-2-3-12(8-11)17(16)19(23)26/h4-7,10-12,16-17H,2-3,8-9H2,1H3,(H,22,24)/t10-,11+,12+,16-,17-/m0/s1. The van der Waals surface area contributed by atoms with E-state index in [1.54, 1.807) is 24.3 Å². The summed E-state index contributed by atoms with van der Waals surface area (Å²) in [5.74, 6) is -1.87. The Balaban J connectivity index is 1.33. The number of likely N-dealkylation sites (tertiary alicyclic amines) is 1. The van der Waals surface area contributed by atoms with Crippen LogP contribution in [0.2, 0.25) is 5.02 Å². The van der Waals surface area contributed by atoms with E-state index in [9.17, 15) is 19.2 Å². The summed E-state index contributed by atoms with van der Waals surface area (Å²) in [5, 5.41) is 3.12. The van der Waals surface area contributed by atoms with Crippen LogP contribution < -0.4 is 5.32 Å². The lowest BCUT2D eigenvalue weighted by atomic mass is 9.81. The molecular weight excluding hydrogens is 384 g/mol. The van der Waals surface area contributed by atoms with E-state index in [1.807, 2.05) is 0 Å². The van der Waals surface area contributed by atoms with Crippen molar-refractivity contribution in [2.75, 3.05) is 11.9 Å². The molecule has 1 aromatic carbocycles. The average Bonchev–Trinajstić information content (AvgIpc) is 3.35. The van der Waals surface area contributed by atoms with Gasteiger partial charge in [-0.05, 0) is 62.3 Å².